The van der Waals surface area contributed by atoms with Crippen molar-refractivity contribution in [1.29, 1.82) is 0 Å². The normalized spacial score (nSPS) is 10.9. The van der Waals surface area contributed by atoms with Crippen LogP contribution in [0.25, 0.3) is 11.4 Å². The van der Waals surface area contributed by atoms with E-state index in [9.17, 15) is 0 Å². The van der Waals surface area contributed by atoms with Gasteiger partial charge >= 0.3 is 0 Å². The molecule has 7 heteroatoms. The Kier molecular flexibility index (Phi) is 3.77. The fraction of sp³-hybridized carbons (Fsp3) is 0.231. The van der Waals surface area contributed by atoms with Crippen LogP contribution in [0.15, 0.2) is 36.9 Å². The molecule has 6 nitrogen and oxygen atoms in total. The molecule has 102 valence electrons. The SMILES string of the molecule is CCn1ncnc1Cn1cnc(-c2cccc(I)c2)n1. The Morgan fingerprint density at radius 1 is 1.25 bits per heavy atom. The first-order chi connectivity index (χ1) is 9.76. The number of halogens is 1. The summed E-state index contributed by atoms with van der Waals surface area (Å²) in [5.41, 5.74) is 1.02. The highest BCUT2D eigenvalue weighted by atomic mass is 127. The maximum absolute atomic E-state index is 4.49. The summed E-state index contributed by atoms with van der Waals surface area (Å²) in [6, 6.07) is 8.13. The maximum atomic E-state index is 4.49. The highest BCUT2D eigenvalue weighted by Crippen LogP contribution is 2.17. The number of hydrogen-bond acceptors (Lipinski definition) is 4. The van der Waals surface area contributed by atoms with Gasteiger partial charge in [-0.2, -0.15) is 10.2 Å². The Bertz CT molecular complexity index is 717. The summed E-state index contributed by atoms with van der Waals surface area (Å²) in [5, 5.41) is 8.64. The van der Waals surface area contributed by atoms with Gasteiger partial charge in [-0.3, -0.25) is 0 Å². The Morgan fingerprint density at radius 2 is 2.15 bits per heavy atom. The number of aryl methyl sites for hydroxylation is 1. The molecule has 0 N–H and O–H groups in total. The van der Waals surface area contributed by atoms with Crippen molar-refractivity contribution in [2.75, 3.05) is 0 Å². The molecule has 0 aliphatic carbocycles. The van der Waals surface area contributed by atoms with Crippen LogP contribution in [0.5, 0.6) is 0 Å². The Balaban J connectivity index is 1.84. The van der Waals surface area contributed by atoms with E-state index in [1.165, 1.54) is 3.57 Å². The van der Waals surface area contributed by atoms with Crippen molar-refractivity contribution < 1.29 is 0 Å². The van der Waals surface area contributed by atoms with E-state index in [0.717, 1.165) is 23.8 Å². The van der Waals surface area contributed by atoms with Gasteiger partial charge in [-0.05, 0) is 41.6 Å². The van der Waals surface area contributed by atoms with Crippen molar-refractivity contribution in [3.8, 4) is 11.4 Å². The van der Waals surface area contributed by atoms with Gasteiger partial charge in [-0.15, -0.1) is 0 Å². The molecule has 0 atom stereocenters. The smallest absolute Gasteiger partial charge is 0.181 e. The molecule has 3 aromatic rings. The predicted molar refractivity (Wildman–Crippen MR) is 83.0 cm³/mol. The van der Waals surface area contributed by atoms with E-state index in [1.54, 1.807) is 17.3 Å². The first-order valence-corrected chi connectivity index (χ1v) is 7.36. The summed E-state index contributed by atoms with van der Waals surface area (Å²) in [5.74, 6) is 1.61. The minimum absolute atomic E-state index is 0.574. The summed E-state index contributed by atoms with van der Waals surface area (Å²) >= 11 is 2.28. The Hall–Kier alpha value is -1.77. The van der Waals surface area contributed by atoms with E-state index in [1.807, 2.05) is 29.8 Å². The van der Waals surface area contributed by atoms with Crippen LogP contribution in [0.3, 0.4) is 0 Å². The molecule has 0 aliphatic heterocycles. The van der Waals surface area contributed by atoms with Crippen LogP contribution in [0.1, 0.15) is 12.7 Å². The van der Waals surface area contributed by atoms with Crippen molar-refractivity contribution in [1.82, 2.24) is 29.5 Å². The van der Waals surface area contributed by atoms with Crippen LogP contribution in [-0.4, -0.2) is 29.5 Å². The molecule has 0 radical (unpaired) electrons. The number of nitrogens with zero attached hydrogens (tertiary/aromatic N) is 6. The second kappa shape index (κ2) is 5.70. The zero-order chi connectivity index (χ0) is 13.9. The standard InChI is InChI=1S/C13H13IN6/c1-2-20-12(15-8-17-20)7-19-9-16-13(18-19)10-4-3-5-11(14)6-10/h3-6,8-9H,2,7H2,1H3. The molecule has 0 saturated carbocycles. The monoisotopic (exact) mass is 380 g/mol. The molecule has 0 amide bonds. The fourth-order valence-corrected chi connectivity index (χ4v) is 2.49. The van der Waals surface area contributed by atoms with E-state index in [2.05, 4.69) is 48.8 Å². The minimum Gasteiger partial charge on any atom is -0.249 e. The minimum atomic E-state index is 0.574. The van der Waals surface area contributed by atoms with Crippen LogP contribution in [0.2, 0.25) is 0 Å². The molecule has 0 saturated heterocycles. The van der Waals surface area contributed by atoms with E-state index in [-0.39, 0.29) is 0 Å². The summed E-state index contributed by atoms with van der Waals surface area (Å²) < 4.78 is 4.81. The van der Waals surface area contributed by atoms with E-state index >= 15 is 0 Å². The molecule has 0 aliphatic rings. The van der Waals surface area contributed by atoms with Gasteiger partial charge in [0, 0.05) is 15.7 Å². The number of benzene rings is 1. The lowest BCUT2D eigenvalue weighted by molar-refractivity contribution is 0.567. The van der Waals surface area contributed by atoms with E-state index in [0.29, 0.717) is 6.54 Å². The van der Waals surface area contributed by atoms with Crippen LogP contribution < -0.4 is 0 Å². The van der Waals surface area contributed by atoms with Gasteiger partial charge in [-0.1, -0.05) is 12.1 Å². The van der Waals surface area contributed by atoms with Crippen LogP contribution >= 0.6 is 22.6 Å². The van der Waals surface area contributed by atoms with Crippen molar-refractivity contribution in [3.63, 3.8) is 0 Å². The van der Waals surface area contributed by atoms with Gasteiger partial charge in [0.25, 0.3) is 0 Å². The van der Waals surface area contributed by atoms with Gasteiger partial charge in [0.2, 0.25) is 0 Å². The molecule has 20 heavy (non-hydrogen) atoms. The average Bonchev–Trinajstić information content (AvgIpc) is 3.08. The number of hydrogen-bond donors (Lipinski definition) is 0. The molecule has 0 spiro atoms. The molecular weight excluding hydrogens is 367 g/mol. The van der Waals surface area contributed by atoms with E-state index in [4.69, 9.17) is 0 Å². The third-order valence-corrected chi connectivity index (χ3v) is 3.59. The fourth-order valence-electron chi connectivity index (χ4n) is 1.95. The topological polar surface area (TPSA) is 61.4 Å². The van der Waals surface area contributed by atoms with Crippen molar-refractivity contribution in [2.24, 2.45) is 0 Å². The van der Waals surface area contributed by atoms with Gasteiger partial charge in [0.15, 0.2) is 5.82 Å². The second-order valence-corrected chi connectivity index (χ2v) is 5.51. The molecule has 2 aromatic heterocycles. The van der Waals surface area contributed by atoms with Crippen LogP contribution in [-0.2, 0) is 13.1 Å². The number of aromatic nitrogens is 6. The Labute approximate surface area is 130 Å². The van der Waals surface area contributed by atoms with Crippen molar-refractivity contribution in [3.05, 3.63) is 46.3 Å². The molecule has 0 fully saturated rings. The lowest BCUT2D eigenvalue weighted by atomic mass is 10.2. The third kappa shape index (κ3) is 2.72. The lowest BCUT2D eigenvalue weighted by Crippen LogP contribution is -2.09. The molecular formula is C13H13IN6. The lowest BCUT2D eigenvalue weighted by Gasteiger charge is -2.02. The average molecular weight is 380 g/mol. The second-order valence-electron chi connectivity index (χ2n) is 4.27. The third-order valence-electron chi connectivity index (χ3n) is 2.92. The molecule has 3 rings (SSSR count). The maximum Gasteiger partial charge on any atom is 0.181 e. The van der Waals surface area contributed by atoms with E-state index < -0.39 is 0 Å². The summed E-state index contributed by atoms with van der Waals surface area (Å²) in [7, 11) is 0. The molecule has 1 aromatic carbocycles. The van der Waals surface area contributed by atoms with Crippen molar-refractivity contribution >= 4 is 22.6 Å². The summed E-state index contributed by atoms with van der Waals surface area (Å²) in [6.45, 7) is 3.41. The van der Waals surface area contributed by atoms with Crippen LogP contribution in [0, 0.1) is 3.57 Å². The number of rotatable bonds is 4. The Morgan fingerprint density at radius 3 is 2.95 bits per heavy atom. The van der Waals surface area contributed by atoms with Crippen molar-refractivity contribution in [2.45, 2.75) is 20.0 Å². The molecule has 0 bridgehead atoms. The van der Waals surface area contributed by atoms with Gasteiger partial charge in [0.05, 0.1) is 0 Å². The quantitative estimate of drug-likeness (QED) is 0.652. The first-order valence-electron chi connectivity index (χ1n) is 6.28. The highest BCUT2D eigenvalue weighted by Gasteiger charge is 2.08. The first kappa shape index (κ1) is 13.2. The highest BCUT2D eigenvalue weighted by molar-refractivity contribution is 14.1. The summed E-state index contributed by atoms with van der Waals surface area (Å²) in [4.78, 5) is 8.60. The predicted octanol–water partition coefficient (Wildman–Crippen LogP) is 2.21. The summed E-state index contributed by atoms with van der Waals surface area (Å²) in [6.07, 6.45) is 3.29. The van der Waals surface area contributed by atoms with Gasteiger partial charge < -0.3 is 0 Å². The van der Waals surface area contributed by atoms with Gasteiger partial charge in [-0.25, -0.2) is 19.3 Å². The zero-order valence-electron chi connectivity index (χ0n) is 10.9. The molecule has 2 heterocycles. The zero-order valence-corrected chi connectivity index (χ0v) is 13.1. The van der Waals surface area contributed by atoms with Crippen LogP contribution in [0.4, 0.5) is 0 Å². The molecule has 0 unspecified atom stereocenters. The largest absolute Gasteiger partial charge is 0.249 e. The van der Waals surface area contributed by atoms with Gasteiger partial charge in [0.1, 0.15) is 25.0 Å².